The van der Waals surface area contributed by atoms with Gasteiger partial charge in [-0.05, 0) is 74.0 Å². The predicted molar refractivity (Wildman–Crippen MR) is 130 cm³/mol. The zero-order valence-corrected chi connectivity index (χ0v) is 19.2. The molecule has 0 radical (unpaired) electrons. The molecule has 0 bridgehead atoms. The third-order valence-corrected chi connectivity index (χ3v) is 6.89. The molecule has 1 saturated heterocycles. The maximum atomic E-state index is 13.6. The van der Waals surface area contributed by atoms with Gasteiger partial charge in [-0.1, -0.05) is 30.3 Å². The second-order valence-electron chi connectivity index (χ2n) is 9.08. The molecule has 5 rings (SSSR count). The summed E-state index contributed by atoms with van der Waals surface area (Å²) in [5.41, 5.74) is 1.17. The van der Waals surface area contributed by atoms with Crippen LogP contribution in [0.1, 0.15) is 46.8 Å². The Kier molecular flexibility index (Phi) is 6.47. The number of rotatable bonds is 6. The van der Waals surface area contributed by atoms with Crippen molar-refractivity contribution in [2.24, 2.45) is 0 Å². The molecule has 8 heteroatoms. The molecule has 3 heterocycles. The Bertz CT molecular complexity index is 1330. The van der Waals surface area contributed by atoms with Gasteiger partial charge in [0.2, 0.25) is 0 Å². The molecule has 0 saturated carbocycles. The number of aromatic amines is 1. The quantitative estimate of drug-likeness (QED) is 0.346. The Morgan fingerprint density at radius 1 is 1.09 bits per heavy atom. The first-order valence-electron chi connectivity index (χ1n) is 11.9. The topological polar surface area (TPSA) is 61.0 Å². The fraction of sp³-hybridized carbons (Fsp3) is 0.333. The van der Waals surface area contributed by atoms with Crippen molar-refractivity contribution in [2.45, 2.75) is 31.4 Å². The van der Waals surface area contributed by atoms with E-state index in [9.17, 15) is 18.0 Å². The summed E-state index contributed by atoms with van der Waals surface area (Å²) >= 11 is 0. The van der Waals surface area contributed by atoms with Crippen molar-refractivity contribution in [3.63, 3.8) is 0 Å². The first-order chi connectivity index (χ1) is 16.9. The molecule has 5 nitrogen and oxygen atoms in total. The highest BCUT2D eigenvalue weighted by Crippen LogP contribution is 2.40. The second-order valence-corrected chi connectivity index (χ2v) is 9.08. The Hall–Kier alpha value is -3.39. The molecular formula is C27H27F3N4O. The lowest BCUT2D eigenvalue weighted by atomic mass is 9.88. The molecular weight excluding hydrogens is 453 g/mol. The van der Waals surface area contributed by atoms with Gasteiger partial charge in [-0.2, -0.15) is 13.2 Å². The van der Waals surface area contributed by atoms with E-state index < -0.39 is 11.7 Å². The lowest BCUT2D eigenvalue weighted by Crippen LogP contribution is -2.35. The minimum Gasteiger partial charge on any atom is -0.361 e. The number of nitrogens with zero attached hydrogens (tertiary/aromatic N) is 2. The number of benzene rings is 2. The summed E-state index contributed by atoms with van der Waals surface area (Å²) in [5, 5.41) is 5.09. The van der Waals surface area contributed by atoms with Crippen LogP contribution in [0.4, 0.5) is 13.2 Å². The van der Waals surface area contributed by atoms with Crippen LogP contribution >= 0.6 is 0 Å². The molecule has 182 valence electrons. The van der Waals surface area contributed by atoms with Gasteiger partial charge >= 0.3 is 6.18 Å². The van der Waals surface area contributed by atoms with E-state index in [1.807, 2.05) is 30.3 Å². The molecule has 0 aliphatic carbocycles. The number of halogens is 3. The normalized spacial score (nSPS) is 15.6. The smallest absolute Gasteiger partial charge is 0.361 e. The molecule has 0 atom stereocenters. The molecule has 35 heavy (non-hydrogen) atoms. The highest BCUT2D eigenvalue weighted by Gasteiger charge is 2.35. The van der Waals surface area contributed by atoms with Gasteiger partial charge in [-0.15, -0.1) is 0 Å². The van der Waals surface area contributed by atoms with Gasteiger partial charge in [0.25, 0.3) is 5.91 Å². The maximum absolute atomic E-state index is 13.6. The predicted octanol–water partition coefficient (Wildman–Crippen LogP) is 5.73. The number of carbonyl (C=O) groups is 1. The number of aromatic nitrogens is 2. The Morgan fingerprint density at radius 2 is 1.89 bits per heavy atom. The third-order valence-electron chi connectivity index (χ3n) is 6.89. The van der Waals surface area contributed by atoms with Gasteiger partial charge < -0.3 is 15.2 Å². The molecule has 4 aromatic rings. The van der Waals surface area contributed by atoms with E-state index in [0.29, 0.717) is 23.1 Å². The average Bonchev–Trinajstić information content (AvgIpc) is 3.30. The van der Waals surface area contributed by atoms with Crippen LogP contribution in [0.3, 0.4) is 0 Å². The van der Waals surface area contributed by atoms with Crippen LogP contribution in [0.2, 0.25) is 0 Å². The van der Waals surface area contributed by atoms with Crippen molar-refractivity contribution in [3.8, 4) is 0 Å². The van der Waals surface area contributed by atoms with Crippen LogP contribution in [0.5, 0.6) is 0 Å². The Morgan fingerprint density at radius 3 is 2.69 bits per heavy atom. The molecule has 1 aliphatic rings. The number of fused-ring (bicyclic) bond motifs is 2. The SMILES string of the molecule is O=C(NCCCN1CCC(c2c[nH]c3cccc(C(F)(F)F)c23)CC1)c1nccc2ccccc12. The fourth-order valence-electron chi connectivity index (χ4n) is 5.13. The number of pyridine rings is 1. The van der Waals surface area contributed by atoms with Crippen LogP contribution < -0.4 is 5.32 Å². The van der Waals surface area contributed by atoms with Crippen LogP contribution in [-0.2, 0) is 6.18 Å². The second kappa shape index (κ2) is 9.70. The van der Waals surface area contributed by atoms with E-state index in [-0.39, 0.29) is 11.8 Å². The Labute approximate surface area is 201 Å². The number of hydrogen-bond acceptors (Lipinski definition) is 3. The number of nitrogens with one attached hydrogen (secondary N) is 2. The summed E-state index contributed by atoms with van der Waals surface area (Å²) in [6, 6.07) is 13.9. The van der Waals surface area contributed by atoms with Crippen LogP contribution in [0.15, 0.2) is 60.9 Å². The van der Waals surface area contributed by atoms with E-state index >= 15 is 0 Å². The summed E-state index contributed by atoms with van der Waals surface area (Å²) in [4.78, 5) is 22.2. The van der Waals surface area contributed by atoms with Crippen LogP contribution in [0.25, 0.3) is 21.7 Å². The Balaban J connectivity index is 1.14. The summed E-state index contributed by atoms with van der Waals surface area (Å²) < 4.78 is 40.7. The van der Waals surface area contributed by atoms with Gasteiger partial charge in [0.15, 0.2) is 0 Å². The number of alkyl halides is 3. The number of piperidine rings is 1. The van der Waals surface area contributed by atoms with E-state index in [0.717, 1.165) is 61.3 Å². The third kappa shape index (κ3) is 4.89. The zero-order valence-electron chi connectivity index (χ0n) is 19.2. The van der Waals surface area contributed by atoms with E-state index in [2.05, 4.69) is 20.2 Å². The standard InChI is InChI=1S/C27H27F3N4O/c28-27(29,30)22-7-3-8-23-24(22)21(17-33-23)19-10-15-34(16-11-19)14-4-12-32-26(35)25-20-6-2-1-5-18(20)9-13-31-25/h1-3,5-9,13,17,19,33H,4,10-12,14-16H2,(H,32,35). The molecule has 1 fully saturated rings. The van der Waals surface area contributed by atoms with Gasteiger partial charge in [0, 0.05) is 35.2 Å². The van der Waals surface area contributed by atoms with Gasteiger partial charge in [0.1, 0.15) is 5.69 Å². The van der Waals surface area contributed by atoms with E-state index in [4.69, 9.17) is 0 Å². The van der Waals surface area contributed by atoms with Crippen molar-refractivity contribution in [3.05, 3.63) is 77.7 Å². The number of amides is 1. The van der Waals surface area contributed by atoms with Gasteiger partial charge in [0.05, 0.1) is 5.56 Å². The van der Waals surface area contributed by atoms with Crippen molar-refractivity contribution < 1.29 is 18.0 Å². The van der Waals surface area contributed by atoms with Crippen molar-refractivity contribution in [2.75, 3.05) is 26.2 Å². The zero-order chi connectivity index (χ0) is 24.4. The van der Waals surface area contributed by atoms with Crippen molar-refractivity contribution in [1.82, 2.24) is 20.2 Å². The molecule has 1 amide bonds. The molecule has 2 N–H and O–H groups in total. The molecule has 2 aromatic carbocycles. The lowest BCUT2D eigenvalue weighted by Gasteiger charge is -2.32. The average molecular weight is 481 g/mol. The molecule has 0 spiro atoms. The summed E-state index contributed by atoms with van der Waals surface area (Å²) in [6.45, 7) is 3.02. The number of H-pyrrole nitrogens is 1. The fourth-order valence-corrected chi connectivity index (χ4v) is 5.13. The van der Waals surface area contributed by atoms with Crippen LogP contribution in [-0.4, -0.2) is 47.0 Å². The highest BCUT2D eigenvalue weighted by molar-refractivity contribution is 6.05. The molecule has 2 aromatic heterocycles. The maximum Gasteiger partial charge on any atom is 0.417 e. The summed E-state index contributed by atoms with van der Waals surface area (Å²) in [7, 11) is 0. The number of carbonyl (C=O) groups excluding carboxylic acids is 1. The first kappa shape index (κ1) is 23.4. The monoisotopic (exact) mass is 480 g/mol. The lowest BCUT2D eigenvalue weighted by molar-refractivity contribution is -0.136. The van der Waals surface area contributed by atoms with Crippen molar-refractivity contribution >= 4 is 27.6 Å². The minimum absolute atomic E-state index is 0.0978. The van der Waals surface area contributed by atoms with Crippen LogP contribution in [0, 0.1) is 0 Å². The highest BCUT2D eigenvalue weighted by atomic mass is 19.4. The van der Waals surface area contributed by atoms with E-state index in [1.54, 1.807) is 18.5 Å². The minimum atomic E-state index is -4.37. The number of likely N-dealkylation sites (tertiary alicyclic amines) is 1. The first-order valence-corrected chi connectivity index (χ1v) is 11.9. The van der Waals surface area contributed by atoms with Gasteiger partial charge in [-0.3, -0.25) is 9.78 Å². The van der Waals surface area contributed by atoms with E-state index in [1.165, 1.54) is 6.07 Å². The van der Waals surface area contributed by atoms with Gasteiger partial charge in [-0.25, -0.2) is 0 Å². The summed E-state index contributed by atoms with van der Waals surface area (Å²) in [6.07, 6.45) is 1.44. The summed E-state index contributed by atoms with van der Waals surface area (Å²) in [5.74, 6) is -0.0825. The van der Waals surface area contributed by atoms with Crippen molar-refractivity contribution in [1.29, 1.82) is 0 Å². The number of hydrogen-bond donors (Lipinski definition) is 2. The largest absolute Gasteiger partial charge is 0.417 e. The molecule has 1 aliphatic heterocycles. The molecule has 0 unspecified atom stereocenters.